The number of nitrogens with one attached hydrogen (secondary N) is 2. The predicted octanol–water partition coefficient (Wildman–Crippen LogP) is 4.17. The molecule has 0 saturated heterocycles. The molecule has 0 fully saturated rings. The molecule has 6 nitrogen and oxygen atoms in total. The summed E-state index contributed by atoms with van der Waals surface area (Å²) in [6, 6.07) is 13.4. The van der Waals surface area contributed by atoms with Crippen molar-refractivity contribution >= 4 is 17.4 Å². The van der Waals surface area contributed by atoms with Crippen molar-refractivity contribution in [1.29, 1.82) is 0 Å². The van der Waals surface area contributed by atoms with Crippen molar-refractivity contribution in [2.45, 2.75) is 33.2 Å². The van der Waals surface area contributed by atoms with E-state index < -0.39 is 0 Å². The van der Waals surface area contributed by atoms with Crippen LogP contribution in [0.3, 0.4) is 0 Å². The number of nitrogens with zero attached hydrogens (tertiary/aromatic N) is 3. The molecule has 0 spiro atoms. The van der Waals surface area contributed by atoms with E-state index in [4.69, 9.17) is 0 Å². The minimum Gasteiger partial charge on any atom is -0.364 e. The SMILES string of the molecule is Cc1cccc(C(C)C)c1NC(=O)c1cc(NCc2ccccn2)ncn1. The van der Waals surface area contributed by atoms with Gasteiger partial charge in [0.1, 0.15) is 17.8 Å². The second kappa shape index (κ2) is 8.40. The van der Waals surface area contributed by atoms with E-state index in [-0.39, 0.29) is 5.91 Å². The van der Waals surface area contributed by atoms with Gasteiger partial charge < -0.3 is 10.6 Å². The van der Waals surface area contributed by atoms with Crippen LogP contribution < -0.4 is 10.6 Å². The molecule has 6 heteroatoms. The molecule has 27 heavy (non-hydrogen) atoms. The zero-order chi connectivity index (χ0) is 19.2. The summed E-state index contributed by atoms with van der Waals surface area (Å²) in [4.78, 5) is 25.3. The molecule has 3 aromatic rings. The standard InChI is InChI=1S/C21H23N5O/c1-14(2)17-9-6-7-15(3)20(17)26-21(27)18-11-19(25-13-24-18)23-12-16-8-4-5-10-22-16/h4-11,13-14H,12H2,1-3H3,(H,26,27)(H,23,24,25). The fourth-order valence-corrected chi connectivity index (χ4v) is 2.78. The summed E-state index contributed by atoms with van der Waals surface area (Å²) in [7, 11) is 0. The van der Waals surface area contributed by atoms with Gasteiger partial charge in [0.25, 0.3) is 5.91 Å². The van der Waals surface area contributed by atoms with Gasteiger partial charge in [-0.15, -0.1) is 0 Å². The number of hydrogen-bond acceptors (Lipinski definition) is 5. The minimum atomic E-state index is -0.255. The third-order valence-corrected chi connectivity index (χ3v) is 4.24. The highest BCUT2D eigenvalue weighted by Gasteiger charge is 2.15. The van der Waals surface area contributed by atoms with Crippen LogP contribution in [0.2, 0.25) is 0 Å². The van der Waals surface area contributed by atoms with Crippen molar-refractivity contribution in [3.8, 4) is 0 Å². The first-order valence-electron chi connectivity index (χ1n) is 8.91. The van der Waals surface area contributed by atoms with Crippen LogP contribution in [0.15, 0.2) is 55.0 Å². The van der Waals surface area contributed by atoms with Crippen molar-refractivity contribution in [3.63, 3.8) is 0 Å². The number of para-hydroxylation sites is 1. The minimum absolute atomic E-state index is 0.255. The molecule has 1 aromatic carbocycles. The van der Waals surface area contributed by atoms with Crippen LogP contribution in [0, 0.1) is 6.92 Å². The lowest BCUT2D eigenvalue weighted by Crippen LogP contribution is -2.17. The monoisotopic (exact) mass is 361 g/mol. The van der Waals surface area contributed by atoms with Gasteiger partial charge in [-0.25, -0.2) is 9.97 Å². The van der Waals surface area contributed by atoms with Gasteiger partial charge in [0, 0.05) is 18.0 Å². The molecule has 0 aliphatic heterocycles. The second-order valence-electron chi connectivity index (χ2n) is 6.61. The van der Waals surface area contributed by atoms with Gasteiger partial charge in [0.2, 0.25) is 0 Å². The number of anilines is 2. The number of aromatic nitrogens is 3. The van der Waals surface area contributed by atoms with Crippen LogP contribution >= 0.6 is 0 Å². The van der Waals surface area contributed by atoms with Crippen molar-refractivity contribution in [1.82, 2.24) is 15.0 Å². The molecule has 0 aliphatic rings. The van der Waals surface area contributed by atoms with Crippen LogP contribution in [-0.2, 0) is 6.54 Å². The van der Waals surface area contributed by atoms with Crippen molar-refractivity contribution < 1.29 is 4.79 Å². The fourth-order valence-electron chi connectivity index (χ4n) is 2.78. The molecule has 0 radical (unpaired) electrons. The maximum Gasteiger partial charge on any atom is 0.274 e. The molecule has 2 heterocycles. The van der Waals surface area contributed by atoms with Crippen molar-refractivity contribution in [3.05, 3.63) is 77.5 Å². The van der Waals surface area contributed by atoms with Gasteiger partial charge in [0.15, 0.2) is 0 Å². The molecule has 138 valence electrons. The Balaban J connectivity index is 1.74. The number of hydrogen-bond donors (Lipinski definition) is 2. The first kappa shape index (κ1) is 18.5. The maximum absolute atomic E-state index is 12.7. The third kappa shape index (κ3) is 4.67. The van der Waals surface area contributed by atoms with Gasteiger partial charge in [-0.3, -0.25) is 9.78 Å². The Bertz CT molecular complexity index is 925. The normalized spacial score (nSPS) is 10.7. The van der Waals surface area contributed by atoms with E-state index >= 15 is 0 Å². The summed E-state index contributed by atoms with van der Waals surface area (Å²) in [5.41, 5.74) is 4.18. The van der Waals surface area contributed by atoms with E-state index in [1.165, 1.54) is 6.33 Å². The maximum atomic E-state index is 12.7. The van der Waals surface area contributed by atoms with E-state index in [0.29, 0.717) is 24.0 Å². The summed E-state index contributed by atoms with van der Waals surface area (Å²) in [5, 5.41) is 6.18. The summed E-state index contributed by atoms with van der Waals surface area (Å²) in [5.74, 6) is 0.630. The number of amides is 1. The largest absolute Gasteiger partial charge is 0.364 e. The zero-order valence-corrected chi connectivity index (χ0v) is 15.7. The molecule has 0 bridgehead atoms. The zero-order valence-electron chi connectivity index (χ0n) is 15.7. The topological polar surface area (TPSA) is 79.8 Å². The van der Waals surface area contributed by atoms with Crippen LogP contribution in [0.5, 0.6) is 0 Å². The van der Waals surface area contributed by atoms with E-state index in [2.05, 4.69) is 39.4 Å². The average molecular weight is 361 g/mol. The van der Waals surface area contributed by atoms with Gasteiger partial charge >= 0.3 is 0 Å². The lowest BCUT2D eigenvalue weighted by Gasteiger charge is -2.16. The number of pyridine rings is 1. The Morgan fingerprint density at radius 3 is 2.67 bits per heavy atom. The van der Waals surface area contributed by atoms with E-state index in [1.807, 2.05) is 43.3 Å². The third-order valence-electron chi connectivity index (χ3n) is 4.24. The fraction of sp³-hybridized carbons (Fsp3) is 0.238. The van der Waals surface area contributed by atoms with E-state index in [1.54, 1.807) is 12.3 Å². The molecule has 0 aliphatic carbocycles. The summed E-state index contributed by atoms with van der Waals surface area (Å²) >= 11 is 0. The Morgan fingerprint density at radius 1 is 1.07 bits per heavy atom. The molecule has 2 aromatic heterocycles. The Kier molecular flexibility index (Phi) is 5.76. The number of carbonyl (C=O) groups excluding carboxylic acids is 1. The van der Waals surface area contributed by atoms with E-state index in [0.717, 1.165) is 22.5 Å². The van der Waals surface area contributed by atoms with E-state index in [9.17, 15) is 4.79 Å². The number of rotatable bonds is 6. The summed E-state index contributed by atoms with van der Waals surface area (Å²) in [6.07, 6.45) is 3.13. The first-order valence-corrected chi connectivity index (χ1v) is 8.91. The van der Waals surface area contributed by atoms with Crippen LogP contribution in [0.1, 0.15) is 47.1 Å². The summed E-state index contributed by atoms with van der Waals surface area (Å²) < 4.78 is 0. The number of carbonyl (C=O) groups is 1. The van der Waals surface area contributed by atoms with Gasteiger partial charge in [0.05, 0.1) is 12.2 Å². The van der Waals surface area contributed by atoms with Gasteiger partial charge in [-0.2, -0.15) is 0 Å². The average Bonchev–Trinajstić information content (AvgIpc) is 2.68. The lowest BCUT2D eigenvalue weighted by molar-refractivity contribution is 0.102. The molecule has 3 rings (SSSR count). The Hall–Kier alpha value is -3.28. The molecular weight excluding hydrogens is 338 g/mol. The molecule has 0 saturated carbocycles. The highest BCUT2D eigenvalue weighted by Crippen LogP contribution is 2.27. The van der Waals surface area contributed by atoms with Gasteiger partial charge in [-0.1, -0.05) is 38.1 Å². The summed E-state index contributed by atoms with van der Waals surface area (Å²) in [6.45, 7) is 6.72. The highest BCUT2D eigenvalue weighted by molar-refractivity contribution is 6.04. The Morgan fingerprint density at radius 2 is 1.93 bits per heavy atom. The molecule has 0 unspecified atom stereocenters. The van der Waals surface area contributed by atoms with Gasteiger partial charge in [-0.05, 0) is 36.1 Å². The highest BCUT2D eigenvalue weighted by atomic mass is 16.1. The smallest absolute Gasteiger partial charge is 0.274 e. The molecule has 1 amide bonds. The molecule has 0 atom stereocenters. The predicted molar refractivity (Wildman–Crippen MR) is 107 cm³/mol. The number of benzene rings is 1. The van der Waals surface area contributed by atoms with Crippen LogP contribution in [-0.4, -0.2) is 20.9 Å². The Labute approximate surface area is 159 Å². The van der Waals surface area contributed by atoms with Crippen LogP contribution in [0.25, 0.3) is 0 Å². The van der Waals surface area contributed by atoms with Crippen molar-refractivity contribution in [2.24, 2.45) is 0 Å². The second-order valence-corrected chi connectivity index (χ2v) is 6.61. The quantitative estimate of drug-likeness (QED) is 0.689. The van der Waals surface area contributed by atoms with Crippen molar-refractivity contribution in [2.75, 3.05) is 10.6 Å². The molecule has 2 N–H and O–H groups in total. The first-order chi connectivity index (χ1) is 13.0. The lowest BCUT2D eigenvalue weighted by atomic mass is 9.98. The number of aryl methyl sites for hydroxylation is 1. The molecular formula is C21H23N5O. The van der Waals surface area contributed by atoms with Crippen LogP contribution in [0.4, 0.5) is 11.5 Å².